The summed E-state index contributed by atoms with van der Waals surface area (Å²) < 4.78 is 6.94. The number of hydrogen-bond acceptors (Lipinski definition) is 4. The van der Waals surface area contributed by atoms with Crippen LogP contribution in [0, 0.1) is 4.64 Å². The summed E-state index contributed by atoms with van der Waals surface area (Å²) in [6.07, 6.45) is 2.79. The Morgan fingerprint density at radius 3 is 3.13 bits per heavy atom. The highest BCUT2D eigenvalue weighted by atomic mass is 32.1. The molecule has 1 aromatic heterocycles. The first-order valence-corrected chi connectivity index (χ1v) is 5.19. The van der Waals surface area contributed by atoms with E-state index >= 15 is 0 Å². The van der Waals surface area contributed by atoms with Crippen LogP contribution in [-0.2, 0) is 9.53 Å². The van der Waals surface area contributed by atoms with Gasteiger partial charge in [0.25, 0.3) is 0 Å². The smallest absolute Gasteiger partial charge is 0.361 e. The van der Waals surface area contributed by atoms with E-state index in [1.807, 2.05) is 0 Å². The monoisotopic (exact) mass is 225 g/mol. The normalized spacial score (nSPS) is 20.1. The molecule has 0 aliphatic carbocycles. The maximum Gasteiger partial charge on any atom is 0.361 e. The van der Waals surface area contributed by atoms with Crippen LogP contribution < -0.4 is 4.84 Å². The summed E-state index contributed by atoms with van der Waals surface area (Å²) in [5.41, 5.74) is 0. The molecule has 15 heavy (non-hydrogen) atoms. The molecule has 4 nitrogen and oxygen atoms in total. The lowest BCUT2D eigenvalue weighted by molar-refractivity contribution is -0.155. The molecule has 0 radical (unpaired) electrons. The Kier molecular flexibility index (Phi) is 3.13. The quantitative estimate of drug-likeness (QED) is 0.712. The molecule has 1 atom stereocenters. The van der Waals surface area contributed by atoms with Crippen LogP contribution in [0.2, 0.25) is 0 Å². The van der Waals surface area contributed by atoms with Gasteiger partial charge >= 0.3 is 5.97 Å². The zero-order valence-corrected chi connectivity index (χ0v) is 8.90. The molecule has 1 aromatic rings. The van der Waals surface area contributed by atoms with Crippen molar-refractivity contribution in [2.75, 3.05) is 6.61 Å². The van der Waals surface area contributed by atoms with E-state index in [-0.39, 0.29) is 5.97 Å². The number of aromatic nitrogens is 1. The lowest BCUT2D eigenvalue weighted by Crippen LogP contribution is -2.30. The number of carbonyl (C=O) groups is 1. The summed E-state index contributed by atoms with van der Waals surface area (Å²) in [7, 11) is 0. The van der Waals surface area contributed by atoms with E-state index in [0.717, 1.165) is 12.8 Å². The third kappa shape index (κ3) is 2.43. The zero-order chi connectivity index (χ0) is 10.7. The van der Waals surface area contributed by atoms with Crippen LogP contribution in [0.3, 0.4) is 0 Å². The fourth-order valence-corrected chi connectivity index (χ4v) is 1.58. The van der Waals surface area contributed by atoms with Gasteiger partial charge in [-0.05, 0) is 25.0 Å². The fraction of sp³-hybridized carbons (Fsp3) is 0.400. The van der Waals surface area contributed by atoms with E-state index < -0.39 is 6.10 Å². The summed E-state index contributed by atoms with van der Waals surface area (Å²) in [4.78, 5) is 16.6. The molecular formula is C10H11NO3S. The number of nitrogens with zero attached hydrogens (tertiary/aromatic N) is 1. The van der Waals surface area contributed by atoms with Gasteiger partial charge in [0.05, 0.1) is 0 Å². The van der Waals surface area contributed by atoms with Gasteiger partial charge in [-0.15, -0.1) is 0 Å². The maximum atomic E-state index is 11.6. The number of carbonyl (C=O) groups excluding carboxylic acids is 1. The van der Waals surface area contributed by atoms with Crippen molar-refractivity contribution in [3.63, 3.8) is 0 Å². The minimum Gasteiger partial charge on any atom is -0.366 e. The van der Waals surface area contributed by atoms with Crippen molar-refractivity contribution >= 4 is 18.2 Å². The first kappa shape index (κ1) is 10.3. The van der Waals surface area contributed by atoms with Crippen molar-refractivity contribution in [2.24, 2.45) is 0 Å². The van der Waals surface area contributed by atoms with Gasteiger partial charge in [-0.3, -0.25) is 0 Å². The van der Waals surface area contributed by atoms with Crippen LogP contribution in [0.4, 0.5) is 0 Å². The lowest BCUT2D eigenvalue weighted by Gasteiger charge is -2.10. The Balaban J connectivity index is 2.05. The highest BCUT2D eigenvalue weighted by Gasteiger charge is 2.25. The minimum absolute atomic E-state index is 0.380. The number of ether oxygens (including phenoxy) is 1. The van der Waals surface area contributed by atoms with Gasteiger partial charge in [-0.1, -0.05) is 18.3 Å². The van der Waals surface area contributed by atoms with E-state index in [4.69, 9.17) is 21.8 Å². The van der Waals surface area contributed by atoms with Crippen LogP contribution in [0.25, 0.3) is 0 Å². The predicted molar refractivity (Wildman–Crippen MR) is 55.8 cm³/mol. The molecule has 1 aliphatic heterocycles. The average molecular weight is 225 g/mol. The van der Waals surface area contributed by atoms with Crippen LogP contribution in [-0.4, -0.2) is 23.4 Å². The average Bonchev–Trinajstić information content (AvgIpc) is 2.74. The molecule has 0 bridgehead atoms. The summed E-state index contributed by atoms with van der Waals surface area (Å²) in [6, 6.07) is 5.23. The second-order valence-electron chi connectivity index (χ2n) is 3.28. The molecule has 0 amide bonds. The molecule has 0 saturated carbocycles. The van der Waals surface area contributed by atoms with E-state index in [2.05, 4.69) is 0 Å². The van der Waals surface area contributed by atoms with Gasteiger partial charge in [0, 0.05) is 12.8 Å². The summed E-state index contributed by atoms with van der Waals surface area (Å²) in [6.45, 7) is 0.625. The van der Waals surface area contributed by atoms with Gasteiger partial charge in [0.15, 0.2) is 6.10 Å². The molecule has 2 rings (SSSR count). The molecule has 1 fully saturated rings. The predicted octanol–water partition coefficient (Wildman–Crippen LogP) is 1.35. The second-order valence-corrected chi connectivity index (χ2v) is 3.69. The Bertz CT molecular complexity index is 409. The molecule has 1 aliphatic rings. The van der Waals surface area contributed by atoms with Crippen molar-refractivity contribution in [3.05, 3.63) is 29.0 Å². The molecular weight excluding hydrogens is 214 g/mol. The fourth-order valence-electron chi connectivity index (χ4n) is 1.41. The molecule has 0 N–H and O–H groups in total. The summed E-state index contributed by atoms with van der Waals surface area (Å²) in [5, 5.41) is 0. The molecule has 80 valence electrons. The Morgan fingerprint density at radius 2 is 2.47 bits per heavy atom. The van der Waals surface area contributed by atoms with Crippen LogP contribution in [0.1, 0.15) is 12.8 Å². The van der Waals surface area contributed by atoms with Gasteiger partial charge in [0.1, 0.15) is 4.64 Å². The number of rotatable bonds is 2. The van der Waals surface area contributed by atoms with E-state index in [9.17, 15) is 4.79 Å². The molecule has 1 saturated heterocycles. The van der Waals surface area contributed by atoms with Crippen LogP contribution in [0.5, 0.6) is 0 Å². The first-order valence-electron chi connectivity index (χ1n) is 4.79. The van der Waals surface area contributed by atoms with Crippen molar-refractivity contribution in [1.29, 1.82) is 0 Å². The molecule has 1 unspecified atom stereocenters. The molecule has 5 heteroatoms. The maximum absolute atomic E-state index is 11.6. The van der Waals surface area contributed by atoms with Crippen LogP contribution in [0.15, 0.2) is 24.4 Å². The van der Waals surface area contributed by atoms with E-state index in [1.165, 1.54) is 4.73 Å². The number of pyridine rings is 1. The molecule has 0 spiro atoms. The van der Waals surface area contributed by atoms with E-state index in [1.54, 1.807) is 24.4 Å². The van der Waals surface area contributed by atoms with Gasteiger partial charge in [-0.25, -0.2) is 4.79 Å². The molecule has 2 heterocycles. The van der Waals surface area contributed by atoms with Crippen molar-refractivity contribution in [1.82, 2.24) is 4.73 Å². The summed E-state index contributed by atoms with van der Waals surface area (Å²) >= 11 is 4.99. The van der Waals surface area contributed by atoms with Gasteiger partial charge < -0.3 is 9.57 Å². The van der Waals surface area contributed by atoms with Crippen molar-refractivity contribution in [3.8, 4) is 0 Å². The first-order chi connectivity index (χ1) is 7.27. The van der Waals surface area contributed by atoms with Crippen molar-refractivity contribution in [2.45, 2.75) is 18.9 Å². The van der Waals surface area contributed by atoms with Gasteiger partial charge in [0.2, 0.25) is 0 Å². The van der Waals surface area contributed by atoms with Crippen LogP contribution >= 0.6 is 12.2 Å². The highest BCUT2D eigenvalue weighted by Crippen LogP contribution is 2.12. The van der Waals surface area contributed by atoms with E-state index in [0.29, 0.717) is 11.2 Å². The lowest BCUT2D eigenvalue weighted by atomic mass is 10.2. The highest BCUT2D eigenvalue weighted by molar-refractivity contribution is 7.71. The standard InChI is InChI=1S/C10H11NO3S/c12-10(8-4-3-7-13-8)14-11-6-2-1-5-9(11)15/h1-2,5-6,8H,3-4,7H2. The Morgan fingerprint density at radius 1 is 1.60 bits per heavy atom. The van der Waals surface area contributed by atoms with Crippen molar-refractivity contribution < 1.29 is 14.4 Å². The third-order valence-corrected chi connectivity index (χ3v) is 2.49. The SMILES string of the molecule is O=C(On1ccccc1=S)C1CCCO1. The number of hydrogen-bond donors (Lipinski definition) is 0. The Labute approximate surface area is 92.4 Å². The Hall–Kier alpha value is -1.20. The second kappa shape index (κ2) is 4.55. The topological polar surface area (TPSA) is 40.5 Å². The van der Waals surface area contributed by atoms with Gasteiger partial charge in [-0.2, -0.15) is 4.73 Å². The largest absolute Gasteiger partial charge is 0.366 e. The molecule has 0 aromatic carbocycles. The zero-order valence-electron chi connectivity index (χ0n) is 8.09. The third-order valence-electron chi connectivity index (χ3n) is 2.17. The summed E-state index contributed by atoms with van der Waals surface area (Å²) in [5.74, 6) is -0.380. The minimum atomic E-state index is -0.438.